The highest BCUT2D eigenvalue weighted by Gasteiger charge is 2.15. The summed E-state index contributed by atoms with van der Waals surface area (Å²) in [7, 11) is 7.62. The van der Waals surface area contributed by atoms with E-state index in [1.807, 2.05) is 31.4 Å². The van der Waals surface area contributed by atoms with Gasteiger partial charge in [-0.1, -0.05) is 12.1 Å². The highest BCUT2D eigenvalue weighted by Crippen LogP contribution is 2.19. The van der Waals surface area contributed by atoms with Crippen LogP contribution in [0.5, 0.6) is 0 Å². The normalized spacial score (nSPS) is 11.5. The van der Waals surface area contributed by atoms with E-state index in [-0.39, 0.29) is 5.97 Å². The number of nitrogens with zero attached hydrogens (tertiary/aromatic N) is 4. The van der Waals surface area contributed by atoms with Gasteiger partial charge in [-0.2, -0.15) is 0 Å². The number of ether oxygens (including phenoxy) is 1. The Morgan fingerprint density at radius 2 is 1.97 bits per heavy atom. The zero-order valence-electron chi connectivity index (χ0n) is 17.6. The van der Waals surface area contributed by atoms with Crippen molar-refractivity contribution >= 4 is 17.0 Å². The number of pyridine rings is 1. The Balaban J connectivity index is 1.70. The molecule has 29 heavy (non-hydrogen) atoms. The number of hydrogen-bond donors (Lipinski definition) is 1. The SMILES string of the molecule is COC(=O)c1cccc2[nH]c(CN(C)Cc3ncccc3CCCN(C)C)nc12. The van der Waals surface area contributed by atoms with Gasteiger partial charge in [0, 0.05) is 12.7 Å². The summed E-state index contributed by atoms with van der Waals surface area (Å²) in [5.41, 5.74) is 4.34. The van der Waals surface area contributed by atoms with Crippen LogP contribution in [-0.2, 0) is 24.2 Å². The van der Waals surface area contributed by atoms with Crippen molar-refractivity contribution < 1.29 is 9.53 Å². The molecule has 7 heteroatoms. The van der Waals surface area contributed by atoms with E-state index in [2.05, 4.69) is 44.9 Å². The molecule has 0 saturated carbocycles. The molecule has 0 radical (unpaired) electrons. The van der Waals surface area contributed by atoms with Gasteiger partial charge in [0.15, 0.2) is 0 Å². The first-order valence-electron chi connectivity index (χ1n) is 9.80. The zero-order chi connectivity index (χ0) is 20.8. The number of aryl methyl sites for hydroxylation is 1. The van der Waals surface area contributed by atoms with Crippen molar-refractivity contribution in [2.45, 2.75) is 25.9 Å². The van der Waals surface area contributed by atoms with Crippen molar-refractivity contribution in [1.82, 2.24) is 24.8 Å². The molecular weight excluding hydrogens is 366 g/mol. The van der Waals surface area contributed by atoms with Crippen molar-refractivity contribution in [3.8, 4) is 0 Å². The summed E-state index contributed by atoms with van der Waals surface area (Å²) in [6.07, 6.45) is 3.97. The van der Waals surface area contributed by atoms with Crippen LogP contribution in [0, 0.1) is 0 Å². The summed E-state index contributed by atoms with van der Waals surface area (Å²) < 4.78 is 4.86. The Bertz CT molecular complexity index is 967. The van der Waals surface area contributed by atoms with Gasteiger partial charge in [0.25, 0.3) is 0 Å². The molecule has 7 nitrogen and oxygen atoms in total. The number of aromatic amines is 1. The van der Waals surface area contributed by atoms with Gasteiger partial charge in [-0.15, -0.1) is 0 Å². The van der Waals surface area contributed by atoms with Crippen LogP contribution >= 0.6 is 0 Å². The second-order valence-corrected chi connectivity index (χ2v) is 7.57. The number of imidazole rings is 1. The zero-order valence-corrected chi connectivity index (χ0v) is 17.6. The van der Waals surface area contributed by atoms with E-state index in [4.69, 9.17) is 4.74 Å². The fraction of sp³-hybridized carbons (Fsp3) is 0.409. The van der Waals surface area contributed by atoms with E-state index in [0.29, 0.717) is 17.6 Å². The minimum absolute atomic E-state index is 0.377. The summed E-state index contributed by atoms with van der Waals surface area (Å²) >= 11 is 0. The molecule has 0 atom stereocenters. The van der Waals surface area contributed by atoms with Crippen LogP contribution in [0.2, 0.25) is 0 Å². The monoisotopic (exact) mass is 395 g/mol. The summed E-state index contributed by atoms with van der Waals surface area (Å²) in [6.45, 7) is 2.42. The number of methoxy groups -OCH3 is 1. The van der Waals surface area contributed by atoms with Gasteiger partial charge >= 0.3 is 5.97 Å². The molecule has 0 aliphatic carbocycles. The van der Waals surface area contributed by atoms with E-state index in [1.165, 1.54) is 12.7 Å². The number of carbonyl (C=O) groups excluding carboxylic acids is 1. The fourth-order valence-electron chi connectivity index (χ4n) is 3.43. The number of esters is 1. The Kier molecular flexibility index (Phi) is 6.95. The van der Waals surface area contributed by atoms with E-state index in [1.54, 1.807) is 6.07 Å². The molecule has 0 amide bonds. The average molecular weight is 396 g/mol. The number of nitrogens with one attached hydrogen (secondary N) is 1. The van der Waals surface area contributed by atoms with Gasteiger partial charge in [-0.3, -0.25) is 9.88 Å². The Labute approximate surface area is 171 Å². The van der Waals surface area contributed by atoms with Gasteiger partial charge in [-0.25, -0.2) is 9.78 Å². The topological polar surface area (TPSA) is 74.4 Å². The molecule has 154 valence electrons. The lowest BCUT2D eigenvalue weighted by atomic mass is 10.1. The number of H-pyrrole nitrogens is 1. The molecule has 0 unspecified atom stereocenters. The highest BCUT2D eigenvalue weighted by molar-refractivity contribution is 6.01. The lowest BCUT2D eigenvalue weighted by Gasteiger charge is -2.17. The predicted octanol–water partition coefficient (Wildman–Crippen LogP) is 2.87. The first-order valence-corrected chi connectivity index (χ1v) is 9.80. The van der Waals surface area contributed by atoms with Gasteiger partial charge in [0.1, 0.15) is 11.3 Å². The number of benzene rings is 1. The molecule has 2 heterocycles. The van der Waals surface area contributed by atoms with Crippen LogP contribution in [0.4, 0.5) is 0 Å². The molecule has 0 spiro atoms. The minimum Gasteiger partial charge on any atom is -0.465 e. The molecule has 0 aliphatic heterocycles. The average Bonchev–Trinajstić information content (AvgIpc) is 3.10. The largest absolute Gasteiger partial charge is 0.465 e. The molecule has 1 N–H and O–H groups in total. The van der Waals surface area contributed by atoms with Crippen LogP contribution in [0.15, 0.2) is 36.5 Å². The second kappa shape index (κ2) is 9.62. The molecule has 0 aliphatic rings. The molecule has 0 saturated heterocycles. The summed E-state index contributed by atoms with van der Waals surface area (Å²) in [5, 5.41) is 0. The Morgan fingerprint density at radius 1 is 1.14 bits per heavy atom. The van der Waals surface area contributed by atoms with E-state index < -0.39 is 0 Å². The van der Waals surface area contributed by atoms with Gasteiger partial charge in [0.05, 0.1) is 30.4 Å². The van der Waals surface area contributed by atoms with Crippen molar-refractivity contribution in [2.75, 3.05) is 34.8 Å². The first kappa shape index (κ1) is 21.0. The summed E-state index contributed by atoms with van der Waals surface area (Å²) in [5.74, 6) is 0.432. The maximum atomic E-state index is 12.0. The third kappa shape index (κ3) is 5.40. The number of carbonyl (C=O) groups is 1. The van der Waals surface area contributed by atoms with E-state index in [0.717, 1.165) is 43.0 Å². The Morgan fingerprint density at radius 3 is 2.72 bits per heavy atom. The summed E-state index contributed by atoms with van der Waals surface area (Å²) in [4.78, 5) is 28.9. The minimum atomic E-state index is -0.377. The molecule has 2 aromatic heterocycles. The van der Waals surface area contributed by atoms with Crippen LogP contribution in [0.1, 0.15) is 33.9 Å². The van der Waals surface area contributed by atoms with Crippen LogP contribution in [0.25, 0.3) is 11.0 Å². The lowest BCUT2D eigenvalue weighted by molar-refractivity contribution is 0.0603. The third-order valence-electron chi connectivity index (χ3n) is 4.84. The highest BCUT2D eigenvalue weighted by atomic mass is 16.5. The van der Waals surface area contributed by atoms with E-state index >= 15 is 0 Å². The fourth-order valence-corrected chi connectivity index (χ4v) is 3.43. The first-order chi connectivity index (χ1) is 14.0. The quantitative estimate of drug-likeness (QED) is 0.562. The van der Waals surface area contributed by atoms with E-state index in [9.17, 15) is 4.79 Å². The number of aromatic nitrogens is 3. The second-order valence-electron chi connectivity index (χ2n) is 7.57. The predicted molar refractivity (Wildman–Crippen MR) is 114 cm³/mol. The van der Waals surface area contributed by atoms with Crippen molar-refractivity contribution in [2.24, 2.45) is 0 Å². The number of para-hydroxylation sites is 1. The lowest BCUT2D eigenvalue weighted by Crippen LogP contribution is -2.20. The molecule has 0 fully saturated rings. The van der Waals surface area contributed by atoms with Crippen molar-refractivity contribution in [3.63, 3.8) is 0 Å². The smallest absolute Gasteiger partial charge is 0.340 e. The van der Waals surface area contributed by atoms with Crippen LogP contribution < -0.4 is 0 Å². The molecule has 3 rings (SSSR count). The standard InChI is InChI=1S/C22H29N5O2/c1-26(2)13-7-9-16-8-6-12-23-19(16)14-27(3)15-20-24-18-11-5-10-17(21(18)25-20)22(28)29-4/h5-6,8,10-12H,7,9,13-15H2,1-4H3,(H,24,25). The maximum absolute atomic E-state index is 12.0. The number of fused-ring (bicyclic) bond motifs is 1. The van der Waals surface area contributed by atoms with Gasteiger partial charge in [-0.05, 0) is 64.3 Å². The Hall–Kier alpha value is -2.77. The van der Waals surface area contributed by atoms with Gasteiger partial charge in [0.2, 0.25) is 0 Å². The number of rotatable bonds is 9. The van der Waals surface area contributed by atoms with Crippen molar-refractivity contribution in [3.05, 3.63) is 59.2 Å². The molecule has 0 bridgehead atoms. The maximum Gasteiger partial charge on any atom is 0.340 e. The van der Waals surface area contributed by atoms with Crippen molar-refractivity contribution in [1.29, 1.82) is 0 Å². The molecule has 1 aromatic carbocycles. The molecule has 3 aromatic rings. The van der Waals surface area contributed by atoms with Crippen LogP contribution in [0.3, 0.4) is 0 Å². The van der Waals surface area contributed by atoms with Gasteiger partial charge < -0.3 is 14.6 Å². The molecular formula is C22H29N5O2. The third-order valence-corrected chi connectivity index (χ3v) is 4.84. The summed E-state index contributed by atoms with van der Waals surface area (Å²) in [6, 6.07) is 9.64. The number of hydrogen-bond acceptors (Lipinski definition) is 6. The van der Waals surface area contributed by atoms with Crippen LogP contribution in [-0.4, -0.2) is 65.5 Å².